The van der Waals surface area contributed by atoms with Crippen molar-refractivity contribution in [2.24, 2.45) is 0 Å². The highest BCUT2D eigenvalue weighted by atomic mass is 16.1. The quantitative estimate of drug-likeness (QED) is 0.725. The van der Waals surface area contributed by atoms with Gasteiger partial charge >= 0.3 is 0 Å². The van der Waals surface area contributed by atoms with Crippen LogP contribution in [0.2, 0.25) is 0 Å². The summed E-state index contributed by atoms with van der Waals surface area (Å²) in [6.07, 6.45) is 5.77. The minimum absolute atomic E-state index is 0.0548. The number of nitrogens with zero attached hydrogens (tertiary/aromatic N) is 1. The Balaban J connectivity index is 1.26. The lowest BCUT2D eigenvalue weighted by molar-refractivity contribution is 0.0938. The van der Waals surface area contributed by atoms with Crippen molar-refractivity contribution in [1.82, 2.24) is 15.2 Å². The van der Waals surface area contributed by atoms with Gasteiger partial charge in [0.25, 0.3) is 5.91 Å². The molecule has 144 valence electrons. The molecule has 4 nitrogen and oxygen atoms in total. The van der Waals surface area contributed by atoms with Crippen LogP contribution in [0.4, 0.5) is 0 Å². The van der Waals surface area contributed by atoms with E-state index < -0.39 is 0 Å². The molecule has 1 aliphatic heterocycles. The van der Waals surface area contributed by atoms with E-state index in [1.165, 1.54) is 40.6 Å². The third kappa shape index (κ3) is 3.45. The number of benzene rings is 2. The lowest BCUT2D eigenvalue weighted by Gasteiger charge is -2.17. The molecule has 1 aliphatic carbocycles. The van der Waals surface area contributed by atoms with Crippen LogP contribution >= 0.6 is 0 Å². The van der Waals surface area contributed by atoms with Gasteiger partial charge < -0.3 is 10.3 Å². The molecule has 3 aromatic rings. The molecule has 0 radical (unpaired) electrons. The molecule has 1 amide bonds. The molecule has 2 aliphatic rings. The largest absolute Gasteiger partial charge is 0.358 e. The molecule has 4 heteroatoms. The van der Waals surface area contributed by atoms with Crippen molar-refractivity contribution in [1.29, 1.82) is 0 Å². The van der Waals surface area contributed by atoms with Crippen LogP contribution in [-0.4, -0.2) is 34.9 Å². The number of amides is 1. The van der Waals surface area contributed by atoms with E-state index in [9.17, 15) is 4.79 Å². The van der Waals surface area contributed by atoms with Crippen LogP contribution in [0.1, 0.15) is 46.4 Å². The highest BCUT2D eigenvalue weighted by molar-refractivity contribution is 5.99. The first-order chi connectivity index (χ1) is 13.8. The second-order valence-electron chi connectivity index (χ2n) is 8.23. The van der Waals surface area contributed by atoms with Gasteiger partial charge in [0.1, 0.15) is 0 Å². The molecule has 2 aromatic carbocycles. The average molecular weight is 374 g/mol. The second kappa shape index (κ2) is 7.44. The first-order valence-electron chi connectivity index (χ1n) is 10.5. The molecule has 1 unspecified atom stereocenters. The van der Waals surface area contributed by atoms with Crippen LogP contribution in [0.5, 0.6) is 0 Å². The molecule has 28 heavy (non-hydrogen) atoms. The highest BCUT2D eigenvalue weighted by Gasteiger charge is 2.24. The van der Waals surface area contributed by atoms with E-state index in [4.69, 9.17) is 0 Å². The van der Waals surface area contributed by atoms with Gasteiger partial charge in [-0.3, -0.25) is 9.69 Å². The number of nitrogens with one attached hydrogen (secondary N) is 2. The van der Waals surface area contributed by atoms with Crippen LogP contribution < -0.4 is 5.32 Å². The Kier molecular flexibility index (Phi) is 4.65. The third-order valence-electron chi connectivity index (χ3n) is 6.22. The van der Waals surface area contributed by atoms with Gasteiger partial charge in [-0.05, 0) is 61.4 Å². The number of carbonyl (C=O) groups excluding carboxylic acids is 1. The zero-order valence-corrected chi connectivity index (χ0v) is 16.2. The van der Waals surface area contributed by atoms with E-state index in [2.05, 4.69) is 57.7 Å². The molecule has 5 rings (SSSR count). The number of hydrogen-bond donors (Lipinski definition) is 2. The summed E-state index contributed by atoms with van der Waals surface area (Å²) in [6, 6.07) is 16.9. The monoisotopic (exact) mass is 373 g/mol. The van der Waals surface area contributed by atoms with Gasteiger partial charge in [-0.25, -0.2) is 0 Å². The van der Waals surface area contributed by atoms with Crippen molar-refractivity contribution >= 4 is 16.8 Å². The number of aryl methyl sites for hydroxylation is 2. The number of rotatable bonds is 4. The van der Waals surface area contributed by atoms with E-state index in [1.54, 1.807) is 0 Å². The Morgan fingerprint density at radius 1 is 1.11 bits per heavy atom. The Morgan fingerprint density at radius 3 is 2.86 bits per heavy atom. The maximum Gasteiger partial charge on any atom is 0.251 e. The first kappa shape index (κ1) is 17.5. The number of carbonyl (C=O) groups is 1. The fourth-order valence-corrected chi connectivity index (χ4v) is 4.75. The SMILES string of the molecule is O=C(NC1CCN(Cc2ccccc2)C1)c1ccc2[nH]c3c(c2c1)CCCC3. The number of H-pyrrole nitrogens is 1. The van der Waals surface area contributed by atoms with E-state index in [0.29, 0.717) is 0 Å². The van der Waals surface area contributed by atoms with Crippen LogP contribution in [0.15, 0.2) is 48.5 Å². The van der Waals surface area contributed by atoms with Crippen LogP contribution in [0.3, 0.4) is 0 Å². The van der Waals surface area contributed by atoms with E-state index in [0.717, 1.165) is 44.5 Å². The van der Waals surface area contributed by atoms with Gasteiger partial charge in [0.15, 0.2) is 0 Å². The lowest BCUT2D eigenvalue weighted by Crippen LogP contribution is -2.36. The third-order valence-corrected chi connectivity index (χ3v) is 6.22. The molecule has 1 atom stereocenters. The maximum absolute atomic E-state index is 12.9. The molecule has 0 saturated carbocycles. The van der Waals surface area contributed by atoms with Crippen molar-refractivity contribution in [3.8, 4) is 0 Å². The van der Waals surface area contributed by atoms with Crippen molar-refractivity contribution in [3.63, 3.8) is 0 Å². The molecule has 2 heterocycles. The topological polar surface area (TPSA) is 48.1 Å². The van der Waals surface area contributed by atoms with Gasteiger partial charge in [-0.15, -0.1) is 0 Å². The fourth-order valence-electron chi connectivity index (χ4n) is 4.75. The number of aromatic nitrogens is 1. The van der Waals surface area contributed by atoms with E-state index in [1.807, 2.05) is 6.07 Å². The summed E-state index contributed by atoms with van der Waals surface area (Å²) in [5, 5.41) is 4.49. The van der Waals surface area contributed by atoms with Crippen LogP contribution in [0, 0.1) is 0 Å². The Morgan fingerprint density at radius 2 is 1.96 bits per heavy atom. The number of aromatic amines is 1. The second-order valence-corrected chi connectivity index (χ2v) is 8.23. The van der Waals surface area contributed by atoms with Crippen molar-refractivity contribution in [2.45, 2.75) is 44.7 Å². The van der Waals surface area contributed by atoms with Crippen molar-refractivity contribution in [2.75, 3.05) is 13.1 Å². The van der Waals surface area contributed by atoms with E-state index in [-0.39, 0.29) is 11.9 Å². The molecule has 2 N–H and O–H groups in total. The summed E-state index contributed by atoms with van der Waals surface area (Å²) < 4.78 is 0. The predicted molar refractivity (Wildman–Crippen MR) is 113 cm³/mol. The predicted octanol–water partition coefficient (Wildman–Crippen LogP) is 4.05. The van der Waals surface area contributed by atoms with Gasteiger partial charge in [0.2, 0.25) is 0 Å². The zero-order chi connectivity index (χ0) is 18.9. The molecule has 1 aromatic heterocycles. The molecular weight excluding hydrogens is 346 g/mol. The lowest BCUT2D eigenvalue weighted by atomic mass is 9.95. The minimum Gasteiger partial charge on any atom is -0.358 e. The number of likely N-dealkylation sites (tertiary alicyclic amines) is 1. The molecular formula is C24H27N3O. The fraction of sp³-hybridized carbons (Fsp3) is 0.375. The summed E-state index contributed by atoms with van der Waals surface area (Å²) in [6.45, 7) is 2.90. The van der Waals surface area contributed by atoms with Crippen LogP contribution in [-0.2, 0) is 19.4 Å². The molecule has 1 saturated heterocycles. The summed E-state index contributed by atoms with van der Waals surface area (Å²) >= 11 is 0. The summed E-state index contributed by atoms with van der Waals surface area (Å²) in [5.74, 6) is 0.0548. The highest BCUT2D eigenvalue weighted by Crippen LogP contribution is 2.29. The van der Waals surface area contributed by atoms with Crippen LogP contribution in [0.25, 0.3) is 10.9 Å². The van der Waals surface area contributed by atoms with Crippen molar-refractivity contribution < 1.29 is 4.79 Å². The van der Waals surface area contributed by atoms with E-state index >= 15 is 0 Å². The van der Waals surface area contributed by atoms with Gasteiger partial charge in [0.05, 0.1) is 0 Å². The summed E-state index contributed by atoms with van der Waals surface area (Å²) in [7, 11) is 0. The Bertz CT molecular complexity index is 992. The number of fused-ring (bicyclic) bond motifs is 3. The Labute approximate surface area is 165 Å². The maximum atomic E-state index is 12.9. The smallest absolute Gasteiger partial charge is 0.251 e. The Hall–Kier alpha value is -2.59. The minimum atomic E-state index is 0.0548. The number of hydrogen-bond acceptors (Lipinski definition) is 2. The zero-order valence-electron chi connectivity index (χ0n) is 16.2. The molecule has 1 fully saturated rings. The normalized spacial score (nSPS) is 19.6. The summed E-state index contributed by atoms with van der Waals surface area (Å²) in [5.41, 5.74) is 6.06. The molecule has 0 bridgehead atoms. The van der Waals surface area contributed by atoms with Gasteiger partial charge in [-0.1, -0.05) is 30.3 Å². The van der Waals surface area contributed by atoms with Crippen molar-refractivity contribution in [3.05, 3.63) is 70.9 Å². The summed E-state index contributed by atoms with van der Waals surface area (Å²) in [4.78, 5) is 18.8. The van der Waals surface area contributed by atoms with Gasteiger partial charge in [-0.2, -0.15) is 0 Å². The standard InChI is InChI=1S/C24H27N3O/c28-24(25-19-12-13-27(16-19)15-17-6-2-1-3-7-17)18-10-11-23-21(14-18)20-8-4-5-9-22(20)26-23/h1-3,6-7,10-11,14,19,26H,4-5,8-9,12-13,15-16H2,(H,25,28). The average Bonchev–Trinajstić information content (AvgIpc) is 3.32. The van der Waals surface area contributed by atoms with Gasteiger partial charge in [0, 0.05) is 47.8 Å². The molecule has 0 spiro atoms. The first-order valence-corrected chi connectivity index (χ1v) is 10.5.